The van der Waals surface area contributed by atoms with E-state index in [2.05, 4.69) is 50.5 Å². The normalized spacial score (nSPS) is 12.0. The summed E-state index contributed by atoms with van der Waals surface area (Å²) >= 11 is 0. The van der Waals surface area contributed by atoms with Crippen LogP contribution in [0.1, 0.15) is 26.5 Å². The summed E-state index contributed by atoms with van der Waals surface area (Å²) in [7, 11) is 0. The molecule has 20 heavy (non-hydrogen) atoms. The number of pyridine rings is 1. The third-order valence-electron chi connectivity index (χ3n) is 3.63. The molecule has 3 N–H and O–H groups in total. The van der Waals surface area contributed by atoms with Crippen LogP contribution in [-0.4, -0.2) is 4.98 Å². The number of fused-ring (bicyclic) bond motifs is 3. The minimum absolute atomic E-state index is 0.0171. The number of rotatable bonds is 1. The van der Waals surface area contributed by atoms with Crippen molar-refractivity contribution >= 4 is 27.4 Å². The lowest BCUT2D eigenvalue weighted by atomic mass is 9.90. The topological polar surface area (TPSA) is 50.9 Å². The van der Waals surface area contributed by atoms with Crippen LogP contribution in [0.2, 0.25) is 0 Å². The smallest absolute Gasteiger partial charge is 0.0805 e. The Morgan fingerprint density at radius 2 is 1.75 bits per heavy atom. The minimum atomic E-state index is -0.0171. The molecule has 0 bridgehead atoms. The lowest BCUT2D eigenvalue weighted by molar-refractivity contribution is 0.572. The first-order valence-corrected chi connectivity index (χ1v) is 6.80. The summed E-state index contributed by atoms with van der Waals surface area (Å²) in [6.07, 6.45) is 0. The SMILES string of the molecule is CC(C)(C)c1cc(NN)c2ccc3ccccc3c2n1. The van der Waals surface area contributed by atoms with Crippen molar-refractivity contribution in [1.82, 2.24) is 4.98 Å². The summed E-state index contributed by atoms with van der Waals surface area (Å²) in [5.41, 5.74) is 5.75. The predicted octanol–water partition coefficient (Wildman–Crippen LogP) is 3.97. The molecule has 0 spiro atoms. The molecule has 102 valence electrons. The molecule has 0 saturated heterocycles. The summed E-state index contributed by atoms with van der Waals surface area (Å²) in [6.45, 7) is 6.48. The molecule has 0 unspecified atom stereocenters. The van der Waals surface area contributed by atoms with Crippen molar-refractivity contribution in [3.63, 3.8) is 0 Å². The van der Waals surface area contributed by atoms with Crippen LogP contribution in [0.3, 0.4) is 0 Å². The Balaban J connectivity index is 2.46. The van der Waals surface area contributed by atoms with Gasteiger partial charge in [-0.25, -0.2) is 0 Å². The van der Waals surface area contributed by atoms with Crippen LogP contribution in [0.25, 0.3) is 21.7 Å². The quantitative estimate of drug-likeness (QED) is 0.397. The molecule has 0 saturated carbocycles. The minimum Gasteiger partial charge on any atom is -0.323 e. The number of nitrogens with zero attached hydrogens (tertiary/aromatic N) is 1. The first-order chi connectivity index (χ1) is 9.50. The Morgan fingerprint density at radius 1 is 1.00 bits per heavy atom. The monoisotopic (exact) mass is 265 g/mol. The van der Waals surface area contributed by atoms with E-state index in [1.807, 2.05) is 18.2 Å². The van der Waals surface area contributed by atoms with Crippen LogP contribution in [0.15, 0.2) is 42.5 Å². The van der Waals surface area contributed by atoms with Crippen LogP contribution < -0.4 is 11.3 Å². The molecule has 0 aliphatic rings. The van der Waals surface area contributed by atoms with Gasteiger partial charge >= 0.3 is 0 Å². The van der Waals surface area contributed by atoms with Crippen LogP contribution in [0.5, 0.6) is 0 Å². The molecule has 0 fully saturated rings. The van der Waals surface area contributed by atoms with Crippen molar-refractivity contribution in [3.8, 4) is 0 Å². The second kappa shape index (κ2) is 4.46. The predicted molar refractivity (Wildman–Crippen MR) is 85.8 cm³/mol. The number of aromatic nitrogens is 1. The van der Waals surface area contributed by atoms with E-state index in [9.17, 15) is 0 Å². The van der Waals surface area contributed by atoms with Crippen molar-refractivity contribution < 1.29 is 0 Å². The number of hydrogen-bond acceptors (Lipinski definition) is 3. The first-order valence-electron chi connectivity index (χ1n) is 6.80. The van der Waals surface area contributed by atoms with E-state index in [0.717, 1.165) is 27.7 Å². The Bertz CT molecular complexity index is 785. The fourth-order valence-electron chi connectivity index (χ4n) is 2.46. The Morgan fingerprint density at radius 3 is 2.45 bits per heavy atom. The fraction of sp³-hybridized carbons (Fsp3) is 0.235. The number of nitrogens with two attached hydrogens (primary N) is 1. The molecular weight excluding hydrogens is 246 g/mol. The Kier molecular flexibility index (Phi) is 2.87. The third kappa shape index (κ3) is 2.00. The summed E-state index contributed by atoms with van der Waals surface area (Å²) in [5, 5.41) is 3.41. The second-order valence-corrected chi connectivity index (χ2v) is 6.13. The van der Waals surface area contributed by atoms with Gasteiger partial charge in [-0.05, 0) is 11.5 Å². The molecule has 3 heteroatoms. The molecule has 2 aromatic carbocycles. The molecule has 0 aliphatic heterocycles. The lowest BCUT2D eigenvalue weighted by Crippen LogP contribution is -2.16. The average Bonchev–Trinajstić information content (AvgIpc) is 2.44. The molecule has 1 heterocycles. The Labute approximate surface area is 118 Å². The number of nitrogens with one attached hydrogen (secondary N) is 1. The van der Waals surface area contributed by atoms with Gasteiger partial charge in [-0.2, -0.15) is 0 Å². The van der Waals surface area contributed by atoms with E-state index in [0.29, 0.717) is 0 Å². The molecule has 0 radical (unpaired) electrons. The fourth-order valence-corrected chi connectivity index (χ4v) is 2.46. The molecule has 0 aliphatic carbocycles. The Hall–Kier alpha value is -2.13. The van der Waals surface area contributed by atoms with Crippen molar-refractivity contribution in [2.75, 3.05) is 5.43 Å². The summed E-state index contributed by atoms with van der Waals surface area (Å²) in [4.78, 5) is 4.89. The van der Waals surface area contributed by atoms with E-state index < -0.39 is 0 Å². The van der Waals surface area contributed by atoms with Crippen LogP contribution in [0, 0.1) is 0 Å². The van der Waals surface area contributed by atoms with Gasteiger partial charge in [0.05, 0.1) is 11.2 Å². The lowest BCUT2D eigenvalue weighted by Gasteiger charge is -2.20. The second-order valence-electron chi connectivity index (χ2n) is 6.13. The maximum absolute atomic E-state index is 5.69. The highest BCUT2D eigenvalue weighted by atomic mass is 15.2. The van der Waals surface area contributed by atoms with Gasteiger partial charge in [0.25, 0.3) is 0 Å². The van der Waals surface area contributed by atoms with Gasteiger partial charge in [0, 0.05) is 21.9 Å². The first kappa shape index (κ1) is 12.9. The molecule has 3 nitrogen and oxygen atoms in total. The molecular formula is C17H19N3. The number of anilines is 1. The number of nitrogen functional groups attached to an aromatic ring is 1. The van der Waals surface area contributed by atoms with Gasteiger partial charge in [0.15, 0.2) is 0 Å². The zero-order chi connectivity index (χ0) is 14.3. The molecule has 3 rings (SSSR count). The highest BCUT2D eigenvalue weighted by Gasteiger charge is 2.18. The number of hydrogen-bond donors (Lipinski definition) is 2. The molecule has 0 atom stereocenters. The van der Waals surface area contributed by atoms with Gasteiger partial charge in [-0.15, -0.1) is 0 Å². The van der Waals surface area contributed by atoms with E-state index in [-0.39, 0.29) is 5.41 Å². The highest BCUT2D eigenvalue weighted by Crippen LogP contribution is 2.32. The maximum atomic E-state index is 5.69. The maximum Gasteiger partial charge on any atom is 0.0805 e. The van der Waals surface area contributed by atoms with Gasteiger partial charge in [0.1, 0.15) is 0 Å². The molecule has 1 aromatic heterocycles. The van der Waals surface area contributed by atoms with Crippen LogP contribution in [0.4, 0.5) is 5.69 Å². The standard InChI is InChI=1S/C17H19N3/c1-17(2,3)15-10-14(20-18)13-9-8-11-6-4-5-7-12(11)16(13)19-15/h4-10H,18H2,1-3H3,(H,19,20). The van der Waals surface area contributed by atoms with Crippen molar-refractivity contribution in [2.45, 2.75) is 26.2 Å². The van der Waals surface area contributed by atoms with E-state index in [4.69, 9.17) is 10.8 Å². The summed E-state index contributed by atoms with van der Waals surface area (Å²) in [5.74, 6) is 5.69. The van der Waals surface area contributed by atoms with Gasteiger partial charge in [0.2, 0.25) is 0 Å². The van der Waals surface area contributed by atoms with E-state index in [1.165, 1.54) is 5.39 Å². The number of hydrazine groups is 1. The van der Waals surface area contributed by atoms with Crippen molar-refractivity contribution in [3.05, 3.63) is 48.2 Å². The highest BCUT2D eigenvalue weighted by molar-refractivity contribution is 6.09. The molecule has 0 amide bonds. The average molecular weight is 265 g/mol. The van der Waals surface area contributed by atoms with Crippen molar-refractivity contribution in [2.24, 2.45) is 5.84 Å². The van der Waals surface area contributed by atoms with Crippen LogP contribution in [-0.2, 0) is 5.41 Å². The largest absolute Gasteiger partial charge is 0.323 e. The van der Waals surface area contributed by atoms with Crippen LogP contribution >= 0.6 is 0 Å². The summed E-state index contributed by atoms with van der Waals surface area (Å²) < 4.78 is 0. The van der Waals surface area contributed by atoms with Crippen molar-refractivity contribution in [1.29, 1.82) is 0 Å². The zero-order valence-corrected chi connectivity index (χ0v) is 12.1. The van der Waals surface area contributed by atoms with E-state index in [1.54, 1.807) is 0 Å². The van der Waals surface area contributed by atoms with Gasteiger partial charge in [-0.3, -0.25) is 10.8 Å². The third-order valence-corrected chi connectivity index (χ3v) is 3.63. The summed E-state index contributed by atoms with van der Waals surface area (Å²) in [6, 6.07) is 14.5. The van der Waals surface area contributed by atoms with E-state index >= 15 is 0 Å². The zero-order valence-electron chi connectivity index (χ0n) is 12.1. The number of benzene rings is 2. The molecule has 3 aromatic rings. The van der Waals surface area contributed by atoms with Gasteiger partial charge < -0.3 is 5.43 Å². The van der Waals surface area contributed by atoms with Gasteiger partial charge in [-0.1, -0.05) is 57.2 Å².